The second-order valence-electron chi connectivity index (χ2n) is 5.75. The minimum atomic E-state index is -1.54. The molecular formula is C11H23NO2Si2. The van der Waals surface area contributed by atoms with Gasteiger partial charge in [-0.1, -0.05) is 26.1 Å². The van der Waals surface area contributed by atoms with Crippen LogP contribution in [0.2, 0.25) is 32.2 Å². The smallest absolute Gasteiger partial charge is 0.286 e. The van der Waals surface area contributed by atoms with Gasteiger partial charge in [-0.15, -0.1) is 0 Å². The quantitative estimate of drug-likeness (QED) is 0.576. The summed E-state index contributed by atoms with van der Waals surface area (Å²) in [6.45, 7) is 11.6. The van der Waals surface area contributed by atoms with Gasteiger partial charge in [0.2, 0.25) is 0 Å². The molecule has 2 unspecified atom stereocenters. The highest BCUT2D eigenvalue weighted by Crippen LogP contribution is 2.35. The van der Waals surface area contributed by atoms with Crippen molar-refractivity contribution in [3.63, 3.8) is 0 Å². The second kappa shape index (κ2) is 4.90. The van der Waals surface area contributed by atoms with Crippen molar-refractivity contribution in [2.45, 2.75) is 64.2 Å². The Bertz CT molecular complexity index is 286. The van der Waals surface area contributed by atoms with Gasteiger partial charge >= 0.3 is 0 Å². The lowest BCUT2D eigenvalue weighted by atomic mass is 10.1. The fourth-order valence-corrected chi connectivity index (χ4v) is 8.76. The molecule has 1 rings (SSSR count). The average Bonchev–Trinajstić information content (AvgIpc) is 2.19. The zero-order valence-electron chi connectivity index (χ0n) is 11.0. The van der Waals surface area contributed by atoms with Crippen LogP contribution in [0.1, 0.15) is 19.8 Å². The Hall–Kier alpha value is -0.316. The average molecular weight is 257 g/mol. The molecule has 0 amide bonds. The van der Waals surface area contributed by atoms with E-state index >= 15 is 0 Å². The Balaban J connectivity index is 2.72. The first-order chi connectivity index (χ1) is 7.34. The van der Waals surface area contributed by atoms with Crippen LogP contribution in [-0.4, -0.2) is 27.6 Å². The van der Waals surface area contributed by atoms with E-state index < -0.39 is 15.4 Å². The number of nitrogens with zero attached hydrogens (tertiary/aromatic N) is 1. The van der Waals surface area contributed by atoms with E-state index in [0.29, 0.717) is 0 Å². The maximum Gasteiger partial charge on any atom is 0.286 e. The van der Waals surface area contributed by atoms with Gasteiger partial charge in [-0.25, -0.2) is 0 Å². The predicted molar refractivity (Wildman–Crippen MR) is 70.0 cm³/mol. The predicted octanol–water partition coefficient (Wildman–Crippen LogP) is 3.04. The van der Waals surface area contributed by atoms with Gasteiger partial charge in [0.1, 0.15) is 6.10 Å². The van der Waals surface area contributed by atoms with Gasteiger partial charge in [0.25, 0.3) is 6.26 Å². The van der Waals surface area contributed by atoms with Crippen LogP contribution in [0.25, 0.3) is 0 Å². The minimum Gasteiger partial charge on any atom is -0.421 e. The van der Waals surface area contributed by atoms with Crippen LogP contribution in [0.5, 0.6) is 0 Å². The third kappa shape index (κ3) is 2.68. The molecule has 92 valence electrons. The van der Waals surface area contributed by atoms with Crippen LogP contribution in [0.4, 0.5) is 0 Å². The summed E-state index contributed by atoms with van der Waals surface area (Å²) in [5, 5.41) is 8.62. The van der Waals surface area contributed by atoms with Crippen molar-refractivity contribution in [1.29, 1.82) is 5.26 Å². The van der Waals surface area contributed by atoms with Crippen molar-refractivity contribution in [1.82, 2.24) is 0 Å². The normalized spacial score (nSPS) is 29.1. The molecule has 5 heteroatoms. The molecule has 3 nitrogen and oxygen atoms in total. The maximum atomic E-state index is 8.62. The lowest BCUT2D eigenvalue weighted by molar-refractivity contribution is 0.0224. The topological polar surface area (TPSA) is 42.2 Å². The molecule has 0 aromatic heterocycles. The van der Waals surface area contributed by atoms with Gasteiger partial charge in [-0.3, -0.25) is 0 Å². The molecule has 1 saturated heterocycles. The summed E-state index contributed by atoms with van der Waals surface area (Å²) in [7, 11) is -2.70. The van der Waals surface area contributed by atoms with Crippen LogP contribution in [0, 0.1) is 11.5 Å². The Morgan fingerprint density at radius 1 is 1.44 bits per heavy atom. The number of ether oxygens (including phenoxy) is 1. The highest BCUT2D eigenvalue weighted by Gasteiger charge is 2.49. The molecule has 16 heavy (non-hydrogen) atoms. The van der Waals surface area contributed by atoms with E-state index in [1.54, 1.807) is 0 Å². The molecule has 0 N–H and O–H groups in total. The molecule has 1 aliphatic rings. The number of hydrogen-bond donors (Lipinski definition) is 0. The first kappa shape index (κ1) is 13.7. The van der Waals surface area contributed by atoms with Crippen molar-refractivity contribution in [3.05, 3.63) is 0 Å². The van der Waals surface area contributed by atoms with E-state index in [0.717, 1.165) is 12.8 Å². The molecule has 0 spiro atoms. The molecule has 0 aliphatic carbocycles. The van der Waals surface area contributed by atoms with Gasteiger partial charge < -0.3 is 9.16 Å². The molecule has 1 fully saturated rings. The van der Waals surface area contributed by atoms with Crippen LogP contribution in [0.3, 0.4) is 0 Å². The minimum absolute atomic E-state index is 0.0399. The Kier molecular flexibility index (Phi) is 4.21. The third-order valence-electron chi connectivity index (χ3n) is 4.15. The first-order valence-corrected chi connectivity index (χ1v) is 13.2. The largest absolute Gasteiger partial charge is 0.421 e. The molecule has 2 atom stereocenters. The third-order valence-corrected chi connectivity index (χ3v) is 20.7. The Morgan fingerprint density at radius 3 is 2.50 bits per heavy atom. The zero-order valence-corrected chi connectivity index (χ0v) is 13.0. The lowest BCUT2D eigenvalue weighted by Crippen LogP contribution is -2.63. The summed E-state index contributed by atoms with van der Waals surface area (Å²) in [6.07, 6.45) is 3.83. The van der Waals surface area contributed by atoms with Crippen molar-refractivity contribution >= 4 is 15.4 Å². The van der Waals surface area contributed by atoms with Crippen LogP contribution < -0.4 is 0 Å². The number of nitriles is 1. The molecule has 0 radical (unpaired) electrons. The highest BCUT2D eigenvalue weighted by atomic mass is 29.3. The van der Waals surface area contributed by atoms with Crippen LogP contribution >= 0.6 is 0 Å². The molecule has 0 aromatic rings. The first-order valence-electron chi connectivity index (χ1n) is 6.06. The van der Waals surface area contributed by atoms with Crippen molar-refractivity contribution in [2.24, 2.45) is 0 Å². The van der Waals surface area contributed by atoms with E-state index in [1.165, 1.54) is 6.04 Å². The fraction of sp³-hybridized carbons (Fsp3) is 0.909. The lowest BCUT2D eigenvalue weighted by Gasteiger charge is -2.46. The van der Waals surface area contributed by atoms with E-state index in [2.05, 4.69) is 33.1 Å². The SMILES string of the molecule is CCC(OC#N)C1CC[Si](C)(C)[Si](C)(C)O1. The van der Waals surface area contributed by atoms with E-state index in [-0.39, 0.29) is 12.2 Å². The van der Waals surface area contributed by atoms with E-state index in [1.807, 2.05) is 6.26 Å². The molecule has 1 heterocycles. The van der Waals surface area contributed by atoms with Gasteiger partial charge in [-0.05, 0) is 25.9 Å². The molecule has 0 bridgehead atoms. The van der Waals surface area contributed by atoms with Gasteiger partial charge in [0, 0.05) is 0 Å². The highest BCUT2D eigenvalue weighted by molar-refractivity contribution is 7.38. The van der Waals surface area contributed by atoms with Crippen LogP contribution in [0.15, 0.2) is 0 Å². The van der Waals surface area contributed by atoms with Gasteiger partial charge in [0.15, 0.2) is 7.83 Å². The summed E-state index contributed by atoms with van der Waals surface area (Å²) in [5.41, 5.74) is 0. The molecule has 0 aromatic carbocycles. The van der Waals surface area contributed by atoms with E-state index in [9.17, 15) is 0 Å². The maximum absolute atomic E-state index is 8.62. The summed E-state index contributed by atoms with van der Waals surface area (Å²) >= 11 is 0. The monoisotopic (exact) mass is 257 g/mol. The Morgan fingerprint density at radius 2 is 2.06 bits per heavy atom. The summed E-state index contributed by atoms with van der Waals surface area (Å²) in [4.78, 5) is 0. The molecule has 1 aliphatic heterocycles. The van der Waals surface area contributed by atoms with Gasteiger partial charge in [-0.2, -0.15) is 5.26 Å². The standard InChI is InChI=1S/C11H23NO2Si2/c1-6-10(13-9-12)11-7-8-15(2,3)16(4,5)14-11/h10-11H,6-8H2,1-5H3. The second-order valence-corrected chi connectivity index (χ2v) is 20.9. The zero-order chi connectivity index (χ0) is 12.4. The molecular weight excluding hydrogens is 234 g/mol. The number of rotatable bonds is 3. The Labute approximate surface area is 101 Å². The van der Waals surface area contributed by atoms with Crippen molar-refractivity contribution in [3.8, 4) is 6.26 Å². The summed E-state index contributed by atoms with van der Waals surface area (Å²) in [6, 6.07) is 1.31. The fourth-order valence-electron chi connectivity index (χ4n) is 2.15. The number of hydrogen-bond acceptors (Lipinski definition) is 3. The summed E-state index contributed by atoms with van der Waals surface area (Å²) in [5.74, 6) is 0. The summed E-state index contributed by atoms with van der Waals surface area (Å²) < 4.78 is 11.4. The van der Waals surface area contributed by atoms with Crippen LogP contribution in [-0.2, 0) is 9.16 Å². The van der Waals surface area contributed by atoms with Crippen molar-refractivity contribution < 1.29 is 9.16 Å². The van der Waals surface area contributed by atoms with Gasteiger partial charge in [0.05, 0.1) is 13.7 Å². The van der Waals surface area contributed by atoms with Crippen molar-refractivity contribution in [2.75, 3.05) is 0 Å². The van der Waals surface area contributed by atoms with E-state index in [4.69, 9.17) is 14.4 Å². The molecule has 0 saturated carbocycles.